The number of aryl methyl sites for hydroxylation is 3. The highest BCUT2D eigenvalue weighted by atomic mass is 16.5. The second kappa shape index (κ2) is 7.86. The van der Waals surface area contributed by atoms with Crippen LogP contribution < -0.4 is 15.4 Å². The number of ether oxygens (including phenoxy) is 1. The van der Waals surface area contributed by atoms with Crippen molar-refractivity contribution in [2.24, 2.45) is 0 Å². The Morgan fingerprint density at radius 3 is 2.37 bits per heavy atom. The number of para-hydroxylation sites is 1. The zero-order valence-electron chi connectivity index (χ0n) is 15.8. The molecule has 0 aliphatic carbocycles. The first-order chi connectivity index (χ1) is 13.0. The van der Waals surface area contributed by atoms with Gasteiger partial charge in [0.05, 0.1) is 25.2 Å². The number of hydrogen-bond acceptors (Lipinski definition) is 5. The van der Waals surface area contributed by atoms with Gasteiger partial charge in [-0.1, -0.05) is 24.3 Å². The number of carbonyl (C=O) groups excluding carboxylic acids is 1. The lowest BCUT2D eigenvalue weighted by Crippen LogP contribution is -2.15. The summed E-state index contributed by atoms with van der Waals surface area (Å²) >= 11 is 0. The van der Waals surface area contributed by atoms with Crippen LogP contribution in [0.2, 0.25) is 0 Å². The van der Waals surface area contributed by atoms with Crippen molar-refractivity contribution >= 4 is 23.1 Å². The first-order valence-corrected chi connectivity index (χ1v) is 8.59. The Hall–Kier alpha value is -3.41. The van der Waals surface area contributed by atoms with Gasteiger partial charge in [0.15, 0.2) is 0 Å². The van der Waals surface area contributed by atoms with Crippen LogP contribution in [0.15, 0.2) is 48.8 Å². The number of hydrogen-bond donors (Lipinski definition) is 2. The molecule has 3 rings (SSSR count). The predicted molar refractivity (Wildman–Crippen MR) is 107 cm³/mol. The van der Waals surface area contributed by atoms with Crippen LogP contribution in [-0.2, 0) is 0 Å². The van der Waals surface area contributed by atoms with E-state index in [2.05, 4.69) is 20.6 Å². The van der Waals surface area contributed by atoms with Gasteiger partial charge in [0.1, 0.15) is 17.3 Å². The Kier molecular flexibility index (Phi) is 5.35. The van der Waals surface area contributed by atoms with E-state index >= 15 is 0 Å². The average Bonchev–Trinajstić information content (AvgIpc) is 2.65. The minimum atomic E-state index is -0.292. The molecule has 1 aromatic heterocycles. The van der Waals surface area contributed by atoms with E-state index < -0.39 is 0 Å². The maximum absolute atomic E-state index is 12.5. The van der Waals surface area contributed by atoms with E-state index in [1.54, 1.807) is 7.11 Å². The van der Waals surface area contributed by atoms with E-state index in [0.29, 0.717) is 11.6 Å². The SMILES string of the molecule is COc1ccc(C)cc1Nc1cnc(C(=O)Nc2c(C)cccc2C)cn1. The second-order valence-corrected chi connectivity index (χ2v) is 6.34. The van der Waals surface area contributed by atoms with Crippen molar-refractivity contribution in [2.75, 3.05) is 17.7 Å². The highest BCUT2D eigenvalue weighted by Crippen LogP contribution is 2.27. The quantitative estimate of drug-likeness (QED) is 0.703. The molecule has 0 fully saturated rings. The lowest BCUT2D eigenvalue weighted by atomic mass is 10.1. The minimum Gasteiger partial charge on any atom is -0.495 e. The van der Waals surface area contributed by atoms with E-state index in [1.807, 2.05) is 57.2 Å². The number of carbonyl (C=O) groups is 1. The molecule has 2 aromatic carbocycles. The van der Waals surface area contributed by atoms with Gasteiger partial charge in [0.25, 0.3) is 5.91 Å². The van der Waals surface area contributed by atoms with Gasteiger partial charge in [-0.2, -0.15) is 0 Å². The maximum atomic E-state index is 12.5. The first kappa shape index (κ1) is 18.4. The average molecular weight is 362 g/mol. The van der Waals surface area contributed by atoms with Crippen LogP contribution >= 0.6 is 0 Å². The van der Waals surface area contributed by atoms with Crippen molar-refractivity contribution in [3.05, 3.63) is 71.2 Å². The largest absolute Gasteiger partial charge is 0.495 e. The van der Waals surface area contributed by atoms with Gasteiger partial charge in [-0.3, -0.25) is 4.79 Å². The van der Waals surface area contributed by atoms with Crippen LogP contribution in [0.4, 0.5) is 17.2 Å². The maximum Gasteiger partial charge on any atom is 0.275 e. The molecule has 0 bridgehead atoms. The monoisotopic (exact) mass is 362 g/mol. The normalized spacial score (nSPS) is 10.4. The molecule has 0 saturated carbocycles. The number of nitrogens with zero attached hydrogens (tertiary/aromatic N) is 2. The van der Waals surface area contributed by atoms with Crippen molar-refractivity contribution in [1.82, 2.24) is 9.97 Å². The van der Waals surface area contributed by atoms with Gasteiger partial charge in [-0.15, -0.1) is 0 Å². The van der Waals surface area contributed by atoms with E-state index in [0.717, 1.165) is 28.1 Å². The molecule has 0 aliphatic rings. The Morgan fingerprint density at radius 1 is 1.00 bits per heavy atom. The molecule has 138 valence electrons. The molecular weight excluding hydrogens is 340 g/mol. The molecule has 2 N–H and O–H groups in total. The Morgan fingerprint density at radius 2 is 1.74 bits per heavy atom. The molecule has 1 amide bonds. The lowest BCUT2D eigenvalue weighted by Gasteiger charge is -2.12. The van der Waals surface area contributed by atoms with Crippen LogP contribution in [0.3, 0.4) is 0 Å². The van der Waals surface area contributed by atoms with Crippen molar-refractivity contribution in [3.63, 3.8) is 0 Å². The molecule has 6 heteroatoms. The summed E-state index contributed by atoms with van der Waals surface area (Å²) in [6.07, 6.45) is 2.98. The summed E-state index contributed by atoms with van der Waals surface area (Å²) in [7, 11) is 1.61. The molecular formula is C21H22N4O2. The first-order valence-electron chi connectivity index (χ1n) is 8.59. The van der Waals surface area contributed by atoms with E-state index in [9.17, 15) is 4.79 Å². The van der Waals surface area contributed by atoms with E-state index in [4.69, 9.17) is 4.74 Å². The van der Waals surface area contributed by atoms with Gasteiger partial charge in [-0.25, -0.2) is 9.97 Å². The van der Waals surface area contributed by atoms with Crippen molar-refractivity contribution in [1.29, 1.82) is 0 Å². The topological polar surface area (TPSA) is 76.1 Å². The molecule has 0 radical (unpaired) electrons. The number of anilines is 3. The summed E-state index contributed by atoms with van der Waals surface area (Å²) in [6.45, 7) is 5.91. The summed E-state index contributed by atoms with van der Waals surface area (Å²) in [5.41, 5.74) is 4.94. The lowest BCUT2D eigenvalue weighted by molar-refractivity contribution is 0.102. The van der Waals surface area contributed by atoms with Gasteiger partial charge in [0.2, 0.25) is 0 Å². The van der Waals surface area contributed by atoms with Gasteiger partial charge in [-0.05, 0) is 49.6 Å². The summed E-state index contributed by atoms with van der Waals surface area (Å²) in [6, 6.07) is 11.7. The van der Waals surface area contributed by atoms with Gasteiger partial charge >= 0.3 is 0 Å². The van der Waals surface area contributed by atoms with E-state index in [-0.39, 0.29) is 11.6 Å². The molecule has 0 saturated heterocycles. The third-order valence-electron chi connectivity index (χ3n) is 4.22. The third kappa shape index (κ3) is 4.23. The molecule has 3 aromatic rings. The van der Waals surface area contributed by atoms with Gasteiger partial charge < -0.3 is 15.4 Å². The summed E-state index contributed by atoms with van der Waals surface area (Å²) < 4.78 is 5.35. The Balaban J connectivity index is 1.76. The van der Waals surface area contributed by atoms with Crippen molar-refractivity contribution in [3.8, 4) is 5.75 Å². The standard InChI is InChI=1S/C21H22N4O2/c1-13-8-9-18(27-4)16(10-13)24-19-12-22-17(11-23-19)21(26)25-20-14(2)6-5-7-15(20)3/h5-12H,1-4H3,(H,23,24)(H,25,26). The van der Waals surface area contributed by atoms with Crippen LogP contribution in [0, 0.1) is 20.8 Å². The molecule has 0 unspecified atom stereocenters. The fourth-order valence-electron chi connectivity index (χ4n) is 2.76. The number of benzene rings is 2. The number of nitrogens with one attached hydrogen (secondary N) is 2. The molecule has 1 heterocycles. The molecule has 27 heavy (non-hydrogen) atoms. The van der Waals surface area contributed by atoms with E-state index in [1.165, 1.54) is 12.4 Å². The Bertz CT molecular complexity index is 948. The highest BCUT2D eigenvalue weighted by molar-refractivity contribution is 6.03. The second-order valence-electron chi connectivity index (χ2n) is 6.34. The molecule has 0 spiro atoms. The van der Waals surface area contributed by atoms with Gasteiger partial charge in [0, 0.05) is 5.69 Å². The summed E-state index contributed by atoms with van der Waals surface area (Å²) in [4.78, 5) is 21.0. The van der Waals surface area contributed by atoms with Crippen molar-refractivity contribution < 1.29 is 9.53 Å². The smallest absolute Gasteiger partial charge is 0.275 e. The van der Waals surface area contributed by atoms with Crippen LogP contribution in [0.1, 0.15) is 27.2 Å². The minimum absolute atomic E-state index is 0.249. The number of rotatable bonds is 5. The van der Waals surface area contributed by atoms with Crippen LogP contribution in [0.25, 0.3) is 0 Å². The fraction of sp³-hybridized carbons (Fsp3) is 0.190. The zero-order chi connectivity index (χ0) is 19.4. The molecule has 0 aliphatic heterocycles. The highest BCUT2D eigenvalue weighted by Gasteiger charge is 2.12. The van der Waals surface area contributed by atoms with Crippen LogP contribution in [-0.4, -0.2) is 23.0 Å². The van der Waals surface area contributed by atoms with Crippen LogP contribution in [0.5, 0.6) is 5.75 Å². The summed E-state index contributed by atoms with van der Waals surface area (Å²) in [5, 5.41) is 6.08. The number of amides is 1. The Labute approximate surface area is 158 Å². The molecule has 6 nitrogen and oxygen atoms in total. The molecule has 0 atom stereocenters. The number of aromatic nitrogens is 2. The summed E-state index contributed by atoms with van der Waals surface area (Å²) in [5.74, 6) is 0.946. The van der Waals surface area contributed by atoms with Crippen molar-refractivity contribution in [2.45, 2.75) is 20.8 Å². The zero-order valence-corrected chi connectivity index (χ0v) is 15.8. The fourth-order valence-corrected chi connectivity index (χ4v) is 2.76. The predicted octanol–water partition coefficient (Wildman–Crippen LogP) is 4.41. The number of methoxy groups -OCH3 is 1. The third-order valence-corrected chi connectivity index (χ3v) is 4.22.